The second-order valence-corrected chi connectivity index (χ2v) is 3.83. The Hall–Kier alpha value is -1.09. The van der Waals surface area contributed by atoms with Crippen molar-refractivity contribution in [1.29, 1.82) is 0 Å². The highest BCUT2D eigenvalue weighted by Crippen LogP contribution is 2.20. The van der Waals surface area contributed by atoms with Crippen LogP contribution in [0.2, 0.25) is 0 Å². The molecule has 0 aliphatic carbocycles. The molecule has 1 aliphatic heterocycles. The van der Waals surface area contributed by atoms with Gasteiger partial charge in [0.05, 0.1) is 5.69 Å². The Labute approximate surface area is 85.1 Å². The van der Waals surface area contributed by atoms with Gasteiger partial charge >= 0.3 is 0 Å². The standard InChI is InChI=1S/C11H16N3/c1-9-3-4-12-8-11(9)14-6-5-13-7-10(14)2/h3-4,10,13H,5-7H2,1-2H3. The van der Waals surface area contributed by atoms with Crippen molar-refractivity contribution in [1.82, 2.24) is 10.3 Å². The molecule has 1 aromatic heterocycles. The van der Waals surface area contributed by atoms with Gasteiger partial charge in [-0.25, -0.2) is 0 Å². The zero-order valence-electron chi connectivity index (χ0n) is 8.75. The summed E-state index contributed by atoms with van der Waals surface area (Å²) < 4.78 is 0. The number of aromatic nitrogens is 1. The molecule has 0 spiro atoms. The molecule has 3 nitrogen and oxygen atoms in total. The van der Waals surface area contributed by atoms with Crippen LogP contribution in [0.3, 0.4) is 0 Å². The Morgan fingerprint density at radius 1 is 1.64 bits per heavy atom. The van der Waals surface area contributed by atoms with Crippen LogP contribution in [0.5, 0.6) is 0 Å². The second-order valence-electron chi connectivity index (χ2n) is 3.83. The summed E-state index contributed by atoms with van der Waals surface area (Å²) in [4.78, 5) is 6.44. The van der Waals surface area contributed by atoms with E-state index in [9.17, 15) is 0 Å². The van der Waals surface area contributed by atoms with Crippen molar-refractivity contribution in [2.24, 2.45) is 0 Å². The topological polar surface area (TPSA) is 28.2 Å². The van der Waals surface area contributed by atoms with Gasteiger partial charge in [-0.2, -0.15) is 0 Å². The number of nitrogens with one attached hydrogen (secondary N) is 1. The predicted molar refractivity (Wildman–Crippen MR) is 57.5 cm³/mol. The molecule has 2 rings (SSSR count). The van der Waals surface area contributed by atoms with Crippen molar-refractivity contribution in [3.8, 4) is 0 Å². The largest absolute Gasteiger partial charge is 0.364 e. The zero-order chi connectivity index (χ0) is 9.97. The maximum absolute atomic E-state index is 4.07. The number of rotatable bonds is 1. The minimum atomic E-state index is 0.530. The third kappa shape index (κ3) is 1.73. The molecule has 1 fully saturated rings. The Bertz CT molecular complexity index is 311. The van der Waals surface area contributed by atoms with Crippen molar-refractivity contribution >= 4 is 5.69 Å². The fourth-order valence-electron chi connectivity index (χ4n) is 1.88. The van der Waals surface area contributed by atoms with Crippen molar-refractivity contribution in [3.05, 3.63) is 24.0 Å². The van der Waals surface area contributed by atoms with Gasteiger partial charge in [0.2, 0.25) is 0 Å². The van der Waals surface area contributed by atoms with Crippen molar-refractivity contribution in [3.63, 3.8) is 0 Å². The first-order valence-corrected chi connectivity index (χ1v) is 5.09. The third-order valence-electron chi connectivity index (χ3n) is 2.73. The Morgan fingerprint density at radius 3 is 3.21 bits per heavy atom. The maximum atomic E-state index is 4.07. The van der Waals surface area contributed by atoms with Gasteiger partial charge < -0.3 is 10.2 Å². The third-order valence-corrected chi connectivity index (χ3v) is 2.73. The highest BCUT2D eigenvalue weighted by Gasteiger charge is 2.19. The van der Waals surface area contributed by atoms with Crippen LogP contribution < -0.4 is 10.2 Å². The highest BCUT2D eigenvalue weighted by atomic mass is 15.2. The lowest BCUT2D eigenvalue weighted by Gasteiger charge is -2.36. The lowest BCUT2D eigenvalue weighted by Crippen LogP contribution is -2.50. The van der Waals surface area contributed by atoms with Crippen LogP contribution in [0.15, 0.2) is 12.3 Å². The Kier molecular flexibility index (Phi) is 2.68. The molecule has 1 radical (unpaired) electrons. The molecular weight excluding hydrogens is 174 g/mol. The number of anilines is 1. The van der Waals surface area contributed by atoms with Gasteiger partial charge in [-0.15, -0.1) is 0 Å². The van der Waals surface area contributed by atoms with E-state index >= 15 is 0 Å². The van der Waals surface area contributed by atoms with Crippen LogP contribution in [0.25, 0.3) is 0 Å². The van der Waals surface area contributed by atoms with E-state index in [1.165, 1.54) is 5.56 Å². The summed E-state index contributed by atoms with van der Waals surface area (Å²) >= 11 is 0. The fourth-order valence-corrected chi connectivity index (χ4v) is 1.88. The van der Waals surface area contributed by atoms with E-state index in [1.807, 2.05) is 6.07 Å². The summed E-state index contributed by atoms with van der Waals surface area (Å²) in [6.45, 7) is 7.48. The van der Waals surface area contributed by atoms with Crippen LogP contribution >= 0.6 is 0 Å². The van der Waals surface area contributed by atoms with Crippen LogP contribution in [0.1, 0.15) is 12.5 Å². The molecule has 2 heterocycles. The maximum Gasteiger partial charge on any atom is 0.114 e. The van der Waals surface area contributed by atoms with Gasteiger partial charge in [0, 0.05) is 31.9 Å². The van der Waals surface area contributed by atoms with Gasteiger partial charge in [-0.3, -0.25) is 4.98 Å². The molecule has 75 valence electrons. The fraction of sp³-hybridized carbons (Fsp3) is 0.545. The molecule has 0 amide bonds. The van der Waals surface area contributed by atoms with Crippen LogP contribution in [0.4, 0.5) is 5.69 Å². The molecule has 3 heteroatoms. The first-order chi connectivity index (χ1) is 6.79. The van der Waals surface area contributed by atoms with Gasteiger partial charge in [-0.1, -0.05) is 0 Å². The molecule has 0 saturated carbocycles. The van der Waals surface area contributed by atoms with E-state index in [4.69, 9.17) is 0 Å². The first-order valence-electron chi connectivity index (χ1n) is 5.09. The molecule has 0 aromatic carbocycles. The molecule has 14 heavy (non-hydrogen) atoms. The van der Waals surface area contributed by atoms with E-state index in [-0.39, 0.29) is 0 Å². The van der Waals surface area contributed by atoms with Crippen molar-refractivity contribution in [2.75, 3.05) is 24.5 Å². The Morgan fingerprint density at radius 2 is 2.50 bits per heavy atom. The van der Waals surface area contributed by atoms with E-state index in [2.05, 4.69) is 35.2 Å². The summed E-state index contributed by atoms with van der Waals surface area (Å²) in [6, 6.07) is 2.57. The number of hydrogen-bond acceptors (Lipinski definition) is 3. The SMILES string of the molecule is Cc1ccn[c]c1N1CCNCC1C. The zero-order valence-corrected chi connectivity index (χ0v) is 8.75. The first kappa shape index (κ1) is 9.46. The summed E-state index contributed by atoms with van der Waals surface area (Å²) in [5.74, 6) is 0. The number of piperazine rings is 1. The van der Waals surface area contributed by atoms with Crippen molar-refractivity contribution < 1.29 is 0 Å². The van der Waals surface area contributed by atoms with Crippen LogP contribution in [-0.2, 0) is 0 Å². The average molecular weight is 190 g/mol. The molecule has 1 aromatic rings. The molecule has 1 N–H and O–H groups in total. The lowest BCUT2D eigenvalue weighted by atomic mass is 10.1. The second kappa shape index (κ2) is 3.96. The van der Waals surface area contributed by atoms with E-state index in [0.717, 1.165) is 25.3 Å². The van der Waals surface area contributed by atoms with Crippen LogP contribution in [-0.4, -0.2) is 30.7 Å². The number of nitrogens with zero attached hydrogens (tertiary/aromatic N) is 2. The minimum Gasteiger partial charge on any atom is -0.364 e. The number of aryl methyl sites for hydroxylation is 1. The average Bonchev–Trinajstić information content (AvgIpc) is 2.20. The molecular formula is C11H16N3. The van der Waals surface area contributed by atoms with Gasteiger partial charge in [0.15, 0.2) is 0 Å². The number of pyridine rings is 1. The lowest BCUT2D eigenvalue weighted by molar-refractivity contribution is 0.499. The summed E-state index contributed by atoms with van der Waals surface area (Å²) in [6.07, 6.45) is 4.88. The number of hydrogen-bond donors (Lipinski definition) is 1. The van der Waals surface area contributed by atoms with Crippen LogP contribution in [0, 0.1) is 13.1 Å². The van der Waals surface area contributed by atoms with E-state index in [0.29, 0.717) is 6.04 Å². The molecule has 1 atom stereocenters. The van der Waals surface area contributed by atoms with Gasteiger partial charge in [-0.05, 0) is 25.5 Å². The molecule has 1 unspecified atom stereocenters. The van der Waals surface area contributed by atoms with E-state index in [1.54, 1.807) is 6.20 Å². The minimum absolute atomic E-state index is 0.530. The normalized spacial score (nSPS) is 22.4. The smallest absolute Gasteiger partial charge is 0.114 e. The monoisotopic (exact) mass is 190 g/mol. The molecule has 1 saturated heterocycles. The van der Waals surface area contributed by atoms with Gasteiger partial charge in [0.1, 0.15) is 6.20 Å². The molecule has 0 bridgehead atoms. The summed E-state index contributed by atoms with van der Waals surface area (Å²) in [5.41, 5.74) is 2.41. The van der Waals surface area contributed by atoms with Crippen molar-refractivity contribution in [2.45, 2.75) is 19.9 Å². The highest BCUT2D eigenvalue weighted by molar-refractivity contribution is 5.51. The molecule has 1 aliphatic rings. The predicted octanol–water partition coefficient (Wildman–Crippen LogP) is 0.988. The summed E-state index contributed by atoms with van der Waals surface area (Å²) in [5, 5.41) is 3.38. The van der Waals surface area contributed by atoms with Gasteiger partial charge in [0.25, 0.3) is 0 Å². The summed E-state index contributed by atoms with van der Waals surface area (Å²) in [7, 11) is 0. The quantitative estimate of drug-likeness (QED) is 0.715. The van der Waals surface area contributed by atoms with E-state index < -0.39 is 0 Å². The Balaban J connectivity index is 2.25.